The largest absolute Gasteiger partial charge is 0.444 e. The van der Waals surface area contributed by atoms with Gasteiger partial charge in [0.25, 0.3) is 0 Å². The Labute approximate surface area is 97.9 Å². The Kier molecular flexibility index (Phi) is 4.19. The number of carbonyl (C=O) groups is 1. The molecule has 1 amide bonds. The fourth-order valence-corrected chi connectivity index (χ4v) is 2.07. The lowest BCUT2D eigenvalue weighted by Gasteiger charge is -2.27. The van der Waals surface area contributed by atoms with Gasteiger partial charge in [-0.2, -0.15) is 0 Å². The fraction of sp³-hybridized carbons (Fsp3) is 0.917. The van der Waals surface area contributed by atoms with Crippen molar-refractivity contribution in [2.45, 2.75) is 45.8 Å². The smallest absolute Gasteiger partial charge is 0.410 e. The molecule has 1 saturated heterocycles. The minimum Gasteiger partial charge on any atom is -0.444 e. The average molecular weight is 229 g/mol. The van der Waals surface area contributed by atoms with Gasteiger partial charge in [-0.1, -0.05) is 0 Å². The highest BCUT2D eigenvalue weighted by Gasteiger charge is 2.34. The lowest BCUT2D eigenvalue weighted by Crippen LogP contribution is -2.38. The van der Waals surface area contributed by atoms with Crippen molar-refractivity contribution in [1.82, 2.24) is 4.90 Å². The molecule has 0 aromatic carbocycles. The van der Waals surface area contributed by atoms with Crippen LogP contribution in [-0.2, 0) is 9.47 Å². The molecule has 0 aromatic rings. The van der Waals surface area contributed by atoms with Crippen LogP contribution >= 0.6 is 0 Å². The first kappa shape index (κ1) is 13.3. The number of likely N-dealkylation sites (tertiary alicyclic amines) is 1. The molecule has 4 heteroatoms. The Morgan fingerprint density at radius 3 is 2.56 bits per heavy atom. The minimum absolute atomic E-state index is 0.210. The van der Waals surface area contributed by atoms with Crippen molar-refractivity contribution >= 4 is 6.09 Å². The van der Waals surface area contributed by atoms with Crippen molar-refractivity contribution in [3.63, 3.8) is 0 Å². The van der Waals surface area contributed by atoms with Crippen LogP contribution in [-0.4, -0.2) is 42.9 Å². The van der Waals surface area contributed by atoms with E-state index in [9.17, 15) is 4.79 Å². The summed E-state index contributed by atoms with van der Waals surface area (Å²) in [4.78, 5) is 13.7. The Hall–Kier alpha value is -0.770. The van der Waals surface area contributed by atoms with Crippen LogP contribution in [0.15, 0.2) is 0 Å². The van der Waals surface area contributed by atoms with E-state index >= 15 is 0 Å². The van der Waals surface area contributed by atoms with Gasteiger partial charge in [0.05, 0.1) is 6.61 Å². The summed E-state index contributed by atoms with van der Waals surface area (Å²) in [5.74, 6) is 0.438. The van der Waals surface area contributed by atoms with Crippen LogP contribution < -0.4 is 0 Å². The third kappa shape index (κ3) is 3.67. The maximum atomic E-state index is 11.9. The van der Waals surface area contributed by atoms with E-state index < -0.39 is 5.60 Å². The molecule has 0 aromatic heterocycles. The van der Waals surface area contributed by atoms with E-state index in [1.807, 2.05) is 20.8 Å². The molecule has 1 rings (SSSR count). The number of carbonyl (C=O) groups excluding carboxylic acids is 1. The zero-order valence-electron chi connectivity index (χ0n) is 10.9. The Morgan fingerprint density at radius 2 is 2.06 bits per heavy atom. The molecule has 1 fully saturated rings. The van der Waals surface area contributed by atoms with Gasteiger partial charge in [-0.25, -0.2) is 4.79 Å². The lowest BCUT2D eigenvalue weighted by molar-refractivity contribution is 0.0228. The molecule has 94 valence electrons. The fourth-order valence-electron chi connectivity index (χ4n) is 2.07. The van der Waals surface area contributed by atoms with Crippen LogP contribution in [0.25, 0.3) is 0 Å². The van der Waals surface area contributed by atoms with Gasteiger partial charge < -0.3 is 14.4 Å². The average Bonchev–Trinajstić information content (AvgIpc) is 2.44. The molecule has 0 bridgehead atoms. The van der Waals surface area contributed by atoms with Gasteiger partial charge in [-0.05, 0) is 34.1 Å². The number of hydrogen-bond donors (Lipinski definition) is 0. The molecule has 0 unspecified atom stereocenters. The van der Waals surface area contributed by atoms with Gasteiger partial charge >= 0.3 is 6.09 Å². The zero-order valence-corrected chi connectivity index (χ0v) is 10.9. The number of methoxy groups -OCH3 is 1. The maximum Gasteiger partial charge on any atom is 0.410 e. The van der Waals surface area contributed by atoms with Gasteiger partial charge in [0, 0.05) is 25.6 Å². The van der Waals surface area contributed by atoms with Crippen LogP contribution in [0.1, 0.15) is 34.1 Å². The predicted octanol–water partition coefficient (Wildman–Crippen LogP) is 2.28. The Balaban J connectivity index is 2.51. The van der Waals surface area contributed by atoms with Gasteiger partial charge in [-0.15, -0.1) is 0 Å². The predicted molar refractivity (Wildman–Crippen MR) is 62.4 cm³/mol. The quantitative estimate of drug-likeness (QED) is 0.729. The lowest BCUT2D eigenvalue weighted by atomic mass is 10.1. The highest BCUT2D eigenvalue weighted by atomic mass is 16.6. The molecule has 1 aliphatic rings. The van der Waals surface area contributed by atoms with Gasteiger partial charge in [0.1, 0.15) is 5.60 Å². The third-order valence-corrected chi connectivity index (χ3v) is 2.69. The minimum atomic E-state index is -0.420. The molecule has 1 heterocycles. The monoisotopic (exact) mass is 229 g/mol. The van der Waals surface area contributed by atoms with Crippen molar-refractivity contribution < 1.29 is 14.3 Å². The number of ether oxygens (including phenoxy) is 2. The van der Waals surface area contributed by atoms with Crippen molar-refractivity contribution in [1.29, 1.82) is 0 Å². The molecule has 0 aliphatic carbocycles. The van der Waals surface area contributed by atoms with Crippen LogP contribution in [0.2, 0.25) is 0 Å². The summed E-state index contributed by atoms with van der Waals surface area (Å²) in [7, 11) is 1.70. The summed E-state index contributed by atoms with van der Waals surface area (Å²) >= 11 is 0. The first-order valence-electron chi connectivity index (χ1n) is 5.82. The summed E-state index contributed by atoms with van der Waals surface area (Å²) in [6, 6.07) is 0.245. The number of rotatable bonds is 2. The standard InChI is InChI=1S/C12H23NO3/c1-9-6-10(8-15-5)7-13(9)11(14)16-12(2,3)4/h9-10H,6-8H2,1-5H3/t9-,10+/m1/s1. The Morgan fingerprint density at radius 1 is 1.44 bits per heavy atom. The van der Waals surface area contributed by atoms with Crippen LogP contribution in [0.5, 0.6) is 0 Å². The molecule has 0 saturated carbocycles. The maximum absolute atomic E-state index is 11.9. The highest BCUT2D eigenvalue weighted by molar-refractivity contribution is 5.68. The first-order valence-corrected chi connectivity index (χ1v) is 5.82. The number of amides is 1. The number of nitrogens with zero attached hydrogens (tertiary/aromatic N) is 1. The number of hydrogen-bond acceptors (Lipinski definition) is 3. The van der Waals surface area contributed by atoms with Crippen molar-refractivity contribution in [2.24, 2.45) is 5.92 Å². The van der Waals surface area contributed by atoms with Crippen molar-refractivity contribution in [3.05, 3.63) is 0 Å². The second-order valence-electron chi connectivity index (χ2n) is 5.54. The van der Waals surface area contributed by atoms with E-state index in [1.54, 1.807) is 12.0 Å². The zero-order chi connectivity index (χ0) is 12.3. The molecule has 4 nitrogen and oxygen atoms in total. The molecule has 1 aliphatic heterocycles. The topological polar surface area (TPSA) is 38.8 Å². The van der Waals surface area contributed by atoms with E-state index in [-0.39, 0.29) is 12.1 Å². The molecule has 16 heavy (non-hydrogen) atoms. The molecular weight excluding hydrogens is 206 g/mol. The molecule has 0 N–H and O–H groups in total. The second kappa shape index (κ2) is 5.04. The van der Waals surface area contributed by atoms with E-state index in [1.165, 1.54) is 0 Å². The Bertz CT molecular complexity index is 247. The van der Waals surface area contributed by atoms with Crippen LogP contribution in [0.4, 0.5) is 4.79 Å². The highest BCUT2D eigenvalue weighted by Crippen LogP contribution is 2.25. The van der Waals surface area contributed by atoms with Crippen LogP contribution in [0.3, 0.4) is 0 Å². The van der Waals surface area contributed by atoms with E-state index in [0.717, 1.165) is 13.0 Å². The summed E-state index contributed by atoms with van der Waals surface area (Å²) in [5.41, 5.74) is -0.420. The SMILES string of the molecule is COC[C@H]1C[C@@H](C)N(C(=O)OC(C)(C)C)C1. The summed E-state index contributed by atoms with van der Waals surface area (Å²) in [6.07, 6.45) is 0.784. The molecule has 0 radical (unpaired) electrons. The van der Waals surface area contributed by atoms with E-state index in [4.69, 9.17) is 9.47 Å². The molecule has 2 atom stereocenters. The summed E-state index contributed by atoms with van der Waals surface area (Å²) < 4.78 is 10.5. The first-order chi connectivity index (χ1) is 7.33. The normalized spacial score (nSPS) is 25.9. The summed E-state index contributed by atoms with van der Waals surface area (Å²) in [5, 5.41) is 0. The van der Waals surface area contributed by atoms with Gasteiger partial charge in [0.2, 0.25) is 0 Å². The van der Waals surface area contributed by atoms with Crippen LogP contribution in [0, 0.1) is 5.92 Å². The van der Waals surface area contributed by atoms with Gasteiger partial charge in [-0.3, -0.25) is 0 Å². The molecule has 0 spiro atoms. The van der Waals surface area contributed by atoms with E-state index in [2.05, 4.69) is 6.92 Å². The van der Waals surface area contributed by atoms with Crippen molar-refractivity contribution in [3.8, 4) is 0 Å². The van der Waals surface area contributed by atoms with Gasteiger partial charge in [0.15, 0.2) is 0 Å². The second-order valence-corrected chi connectivity index (χ2v) is 5.54. The molecular formula is C12H23NO3. The van der Waals surface area contributed by atoms with Crippen molar-refractivity contribution in [2.75, 3.05) is 20.3 Å². The summed E-state index contributed by atoms with van der Waals surface area (Å²) in [6.45, 7) is 9.17. The third-order valence-electron chi connectivity index (χ3n) is 2.69. The van der Waals surface area contributed by atoms with E-state index in [0.29, 0.717) is 12.5 Å².